The summed E-state index contributed by atoms with van der Waals surface area (Å²) in [7, 11) is 0. The summed E-state index contributed by atoms with van der Waals surface area (Å²) in [6.07, 6.45) is 3.51. The van der Waals surface area contributed by atoms with Crippen LogP contribution in [0.15, 0.2) is 48.5 Å². The Balaban J connectivity index is 1.68. The van der Waals surface area contributed by atoms with Crippen LogP contribution < -0.4 is 10.6 Å². The van der Waals surface area contributed by atoms with Gasteiger partial charge in [0.05, 0.1) is 6.04 Å². The lowest BCUT2D eigenvalue weighted by atomic mass is 9.88. The van der Waals surface area contributed by atoms with Crippen molar-refractivity contribution in [2.75, 3.05) is 5.32 Å². The van der Waals surface area contributed by atoms with Gasteiger partial charge in [-0.25, -0.2) is 0 Å². The molecule has 0 aliphatic heterocycles. The minimum absolute atomic E-state index is 0.319. The van der Waals surface area contributed by atoms with E-state index in [0.717, 1.165) is 12.1 Å². The van der Waals surface area contributed by atoms with Crippen molar-refractivity contribution in [1.82, 2.24) is 5.32 Å². The average Bonchev–Trinajstić information content (AvgIpc) is 2.47. The molecule has 0 unspecified atom stereocenters. The van der Waals surface area contributed by atoms with Gasteiger partial charge in [0, 0.05) is 5.69 Å². The molecule has 21 heavy (non-hydrogen) atoms. The lowest BCUT2D eigenvalue weighted by Crippen LogP contribution is -2.34. The third-order valence-corrected chi connectivity index (χ3v) is 4.17. The third-order valence-electron chi connectivity index (χ3n) is 3.95. The molecule has 0 fully saturated rings. The minimum atomic E-state index is 0.319. The van der Waals surface area contributed by atoms with E-state index in [0.29, 0.717) is 11.2 Å². The van der Waals surface area contributed by atoms with Crippen molar-refractivity contribution < 1.29 is 0 Å². The number of benzene rings is 2. The molecule has 0 radical (unpaired) electrons. The third kappa shape index (κ3) is 3.42. The molecule has 0 amide bonds. The van der Waals surface area contributed by atoms with E-state index >= 15 is 0 Å². The summed E-state index contributed by atoms with van der Waals surface area (Å²) in [5.41, 5.74) is 5.10. The second-order valence-corrected chi connectivity index (χ2v) is 6.02. The van der Waals surface area contributed by atoms with Gasteiger partial charge in [-0.15, -0.1) is 0 Å². The van der Waals surface area contributed by atoms with E-state index in [1.807, 2.05) is 12.1 Å². The van der Waals surface area contributed by atoms with E-state index in [4.69, 9.17) is 12.2 Å². The summed E-state index contributed by atoms with van der Waals surface area (Å²) < 4.78 is 0. The molecule has 0 heterocycles. The second-order valence-electron chi connectivity index (χ2n) is 5.61. The van der Waals surface area contributed by atoms with E-state index < -0.39 is 0 Å². The number of aryl methyl sites for hydroxylation is 2. The van der Waals surface area contributed by atoms with Crippen LogP contribution in [0, 0.1) is 6.92 Å². The molecule has 0 aromatic heterocycles. The van der Waals surface area contributed by atoms with Crippen molar-refractivity contribution >= 4 is 23.0 Å². The molecule has 2 aromatic rings. The van der Waals surface area contributed by atoms with Gasteiger partial charge < -0.3 is 10.6 Å². The smallest absolute Gasteiger partial charge is 0.171 e. The highest BCUT2D eigenvalue weighted by Gasteiger charge is 2.20. The van der Waals surface area contributed by atoms with Crippen molar-refractivity contribution in [3.05, 3.63) is 65.2 Å². The molecule has 3 heteroatoms. The normalized spacial score (nSPS) is 16.9. The van der Waals surface area contributed by atoms with Gasteiger partial charge >= 0.3 is 0 Å². The van der Waals surface area contributed by atoms with Crippen LogP contribution in [0.5, 0.6) is 0 Å². The summed E-state index contributed by atoms with van der Waals surface area (Å²) in [6, 6.07) is 17.2. The van der Waals surface area contributed by atoms with Crippen LogP contribution in [0.4, 0.5) is 5.69 Å². The van der Waals surface area contributed by atoms with E-state index in [-0.39, 0.29) is 0 Å². The standard InChI is InChI=1S/C18H20N2S/c1-13-6-4-9-15(12-13)19-18(21)20-17-11-5-8-14-7-2-3-10-16(14)17/h2-4,6-7,9-10,12,17H,5,8,11H2,1H3,(H2,19,20,21)/t17-/m0/s1. The monoisotopic (exact) mass is 296 g/mol. The Kier molecular flexibility index (Phi) is 4.20. The summed E-state index contributed by atoms with van der Waals surface area (Å²) >= 11 is 5.47. The van der Waals surface area contributed by atoms with Gasteiger partial charge in [-0.2, -0.15) is 0 Å². The summed E-state index contributed by atoms with van der Waals surface area (Å²) in [4.78, 5) is 0. The van der Waals surface area contributed by atoms with Crippen molar-refractivity contribution in [1.29, 1.82) is 0 Å². The zero-order valence-electron chi connectivity index (χ0n) is 12.2. The van der Waals surface area contributed by atoms with Crippen LogP contribution in [0.1, 0.15) is 35.6 Å². The van der Waals surface area contributed by atoms with Gasteiger partial charge in [0.25, 0.3) is 0 Å². The van der Waals surface area contributed by atoms with Crippen molar-refractivity contribution in [3.8, 4) is 0 Å². The largest absolute Gasteiger partial charge is 0.356 e. The quantitative estimate of drug-likeness (QED) is 0.805. The van der Waals surface area contributed by atoms with Crippen LogP contribution in [-0.4, -0.2) is 5.11 Å². The number of anilines is 1. The predicted molar refractivity (Wildman–Crippen MR) is 92.7 cm³/mol. The number of thiocarbonyl (C=S) groups is 1. The fourth-order valence-corrected chi connectivity index (χ4v) is 3.21. The van der Waals surface area contributed by atoms with Gasteiger partial charge in [0.2, 0.25) is 0 Å². The highest BCUT2D eigenvalue weighted by Crippen LogP contribution is 2.29. The summed E-state index contributed by atoms with van der Waals surface area (Å²) in [6.45, 7) is 2.08. The Morgan fingerprint density at radius 1 is 1.14 bits per heavy atom. The molecule has 2 nitrogen and oxygen atoms in total. The molecule has 0 saturated carbocycles. The fraction of sp³-hybridized carbons (Fsp3) is 0.278. The SMILES string of the molecule is Cc1cccc(NC(=S)N[C@H]2CCCc3ccccc32)c1. The molecule has 1 atom stereocenters. The molecule has 2 aromatic carbocycles. The van der Waals surface area contributed by atoms with Crippen LogP contribution >= 0.6 is 12.2 Å². The lowest BCUT2D eigenvalue weighted by molar-refractivity contribution is 0.529. The molecule has 0 saturated heterocycles. The van der Waals surface area contributed by atoms with Gasteiger partial charge in [-0.05, 0) is 67.2 Å². The maximum Gasteiger partial charge on any atom is 0.171 e. The molecule has 108 valence electrons. The summed E-state index contributed by atoms with van der Waals surface area (Å²) in [5.74, 6) is 0. The van der Waals surface area contributed by atoms with E-state index in [1.165, 1.54) is 29.5 Å². The number of hydrogen-bond donors (Lipinski definition) is 2. The zero-order chi connectivity index (χ0) is 14.7. The lowest BCUT2D eigenvalue weighted by Gasteiger charge is -2.27. The molecule has 0 bridgehead atoms. The Bertz CT molecular complexity index is 651. The van der Waals surface area contributed by atoms with Crippen molar-refractivity contribution in [3.63, 3.8) is 0 Å². The minimum Gasteiger partial charge on any atom is -0.356 e. The highest BCUT2D eigenvalue weighted by molar-refractivity contribution is 7.80. The molecule has 1 aliphatic rings. The van der Waals surface area contributed by atoms with Gasteiger partial charge in [-0.1, -0.05) is 36.4 Å². The van der Waals surface area contributed by atoms with Crippen LogP contribution in [0.2, 0.25) is 0 Å². The van der Waals surface area contributed by atoms with Crippen molar-refractivity contribution in [2.24, 2.45) is 0 Å². The number of hydrogen-bond acceptors (Lipinski definition) is 1. The average molecular weight is 296 g/mol. The second kappa shape index (κ2) is 6.27. The molecular weight excluding hydrogens is 276 g/mol. The molecule has 0 spiro atoms. The van der Waals surface area contributed by atoms with Crippen LogP contribution in [0.3, 0.4) is 0 Å². The highest BCUT2D eigenvalue weighted by atomic mass is 32.1. The number of fused-ring (bicyclic) bond motifs is 1. The molecule has 3 rings (SSSR count). The molecule has 1 aliphatic carbocycles. The number of rotatable bonds is 2. The first kappa shape index (κ1) is 14.1. The fourth-order valence-electron chi connectivity index (χ4n) is 2.95. The van der Waals surface area contributed by atoms with Crippen LogP contribution in [0.25, 0.3) is 0 Å². The molecule has 2 N–H and O–H groups in total. The Labute approximate surface area is 131 Å². The maximum absolute atomic E-state index is 5.47. The number of nitrogens with one attached hydrogen (secondary N) is 2. The first-order valence-electron chi connectivity index (χ1n) is 7.44. The van der Waals surface area contributed by atoms with E-state index in [1.54, 1.807) is 0 Å². The predicted octanol–water partition coefficient (Wildman–Crippen LogP) is 4.36. The maximum atomic E-state index is 5.47. The van der Waals surface area contributed by atoms with Gasteiger partial charge in [-0.3, -0.25) is 0 Å². The van der Waals surface area contributed by atoms with E-state index in [2.05, 4.69) is 54.0 Å². The molecular formula is C18H20N2S. The zero-order valence-corrected chi connectivity index (χ0v) is 13.0. The Morgan fingerprint density at radius 2 is 2.00 bits per heavy atom. The first-order chi connectivity index (χ1) is 10.2. The topological polar surface area (TPSA) is 24.1 Å². The Morgan fingerprint density at radius 3 is 2.86 bits per heavy atom. The van der Waals surface area contributed by atoms with Crippen LogP contribution in [-0.2, 0) is 6.42 Å². The van der Waals surface area contributed by atoms with Gasteiger partial charge in [0.15, 0.2) is 5.11 Å². The first-order valence-corrected chi connectivity index (χ1v) is 7.85. The van der Waals surface area contributed by atoms with Crippen molar-refractivity contribution in [2.45, 2.75) is 32.2 Å². The summed E-state index contributed by atoms with van der Waals surface area (Å²) in [5, 5.41) is 7.44. The Hall–Kier alpha value is -1.87. The van der Waals surface area contributed by atoms with Gasteiger partial charge in [0.1, 0.15) is 0 Å². The van der Waals surface area contributed by atoms with E-state index in [9.17, 15) is 0 Å².